The monoisotopic (exact) mass is 529 g/mol. The number of nitrogens with zero attached hydrogens (tertiary/aromatic N) is 1. The summed E-state index contributed by atoms with van der Waals surface area (Å²) in [6, 6.07) is 17.9. The SMILES string of the molecule is COc1ccc(S(=O)(=O)Nc2ccc(S(=O)(=O)Nc3ccccc3)cc2)cc1C(=O)N1CCCCC1. The van der Waals surface area contributed by atoms with Gasteiger partial charge in [-0.05, 0) is 73.9 Å². The first-order chi connectivity index (χ1) is 17.2. The Labute approximate surface area is 211 Å². The largest absolute Gasteiger partial charge is 0.496 e. The Bertz CT molecular complexity index is 1430. The summed E-state index contributed by atoms with van der Waals surface area (Å²) >= 11 is 0. The van der Waals surface area contributed by atoms with E-state index in [4.69, 9.17) is 4.74 Å². The van der Waals surface area contributed by atoms with Crippen LogP contribution in [0.2, 0.25) is 0 Å². The van der Waals surface area contributed by atoms with E-state index in [9.17, 15) is 21.6 Å². The summed E-state index contributed by atoms with van der Waals surface area (Å²) < 4.78 is 61.6. The van der Waals surface area contributed by atoms with E-state index in [0.29, 0.717) is 24.5 Å². The topological polar surface area (TPSA) is 122 Å². The van der Waals surface area contributed by atoms with Crippen LogP contribution in [0.15, 0.2) is 82.6 Å². The maximum Gasteiger partial charge on any atom is 0.261 e. The van der Waals surface area contributed by atoms with Gasteiger partial charge in [-0.3, -0.25) is 14.2 Å². The van der Waals surface area contributed by atoms with Crippen molar-refractivity contribution in [3.8, 4) is 5.75 Å². The van der Waals surface area contributed by atoms with E-state index < -0.39 is 20.0 Å². The summed E-state index contributed by atoms with van der Waals surface area (Å²) in [5, 5.41) is 0. The molecule has 1 amide bonds. The highest BCUT2D eigenvalue weighted by Gasteiger charge is 2.25. The van der Waals surface area contributed by atoms with E-state index in [0.717, 1.165) is 19.3 Å². The molecule has 2 N–H and O–H groups in total. The molecule has 9 nitrogen and oxygen atoms in total. The molecular weight excluding hydrogens is 502 g/mol. The van der Waals surface area contributed by atoms with Gasteiger partial charge < -0.3 is 9.64 Å². The summed E-state index contributed by atoms with van der Waals surface area (Å²) in [7, 11) is -6.48. The number of hydrogen-bond donors (Lipinski definition) is 2. The molecule has 1 saturated heterocycles. The summed E-state index contributed by atoms with van der Waals surface area (Å²) in [4.78, 5) is 14.6. The smallest absolute Gasteiger partial charge is 0.261 e. The van der Waals surface area contributed by atoms with Crippen LogP contribution in [0.4, 0.5) is 11.4 Å². The first kappa shape index (κ1) is 25.5. The lowest BCUT2D eigenvalue weighted by Crippen LogP contribution is -2.35. The molecule has 1 fully saturated rings. The standard InChI is InChI=1S/C25H27N3O6S2/c1-34-24-15-14-22(18-23(24)25(29)28-16-6-3-7-17-28)36(32,33)27-20-10-12-21(13-11-20)35(30,31)26-19-8-4-2-5-9-19/h2,4-5,8-15,18,26-27H,3,6-7,16-17H2,1H3. The zero-order valence-corrected chi connectivity index (χ0v) is 21.3. The van der Waals surface area contributed by atoms with Crippen LogP contribution in [-0.4, -0.2) is 47.8 Å². The molecule has 190 valence electrons. The van der Waals surface area contributed by atoms with Gasteiger partial charge >= 0.3 is 0 Å². The number of likely N-dealkylation sites (tertiary alicyclic amines) is 1. The maximum atomic E-state index is 13.1. The number of hydrogen-bond acceptors (Lipinski definition) is 6. The summed E-state index contributed by atoms with van der Waals surface area (Å²) in [5.74, 6) is 0.0223. The normalized spacial score (nSPS) is 14.2. The fourth-order valence-electron chi connectivity index (χ4n) is 3.93. The first-order valence-electron chi connectivity index (χ1n) is 11.4. The number of rotatable bonds is 8. The van der Waals surface area contributed by atoms with Crippen molar-refractivity contribution in [2.75, 3.05) is 29.6 Å². The molecule has 0 unspecified atom stereocenters. The van der Waals surface area contributed by atoms with Crippen molar-refractivity contribution < 1.29 is 26.4 Å². The quantitative estimate of drug-likeness (QED) is 0.456. The van der Waals surface area contributed by atoms with Crippen molar-refractivity contribution in [1.29, 1.82) is 0 Å². The number of methoxy groups -OCH3 is 1. The van der Waals surface area contributed by atoms with Gasteiger partial charge in [0.15, 0.2) is 0 Å². The molecule has 36 heavy (non-hydrogen) atoms. The van der Waals surface area contributed by atoms with Crippen molar-refractivity contribution in [2.24, 2.45) is 0 Å². The number of ether oxygens (including phenoxy) is 1. The van der Waals surface area contributed by atoms with E-state index in [1.165, 1.54) is 49.6 Å². The molecule has 0 radical (unpaired) electrons. The second-order valence-corrected chi connectivity index (χ2v) is 11.7. The van der Waals surface area contributed by atoms with E-state index >= 15 is 0 Å². The van der Waals surface area contributed by atoms with Gasteiger partial charge in [0, 0.05) is 24.5 Å². The summed E-state index contributed by atoms with van der Waals surface area (Å²) in [6.07, 6.45) is 2.86. The van der Waals surface area contributed by atoms with Gasteiger partial charge in [-0.1, -0.05) is 18.2 Å². The Kier molecular flexibility index (Phi) is 7.51. The Morgan fingerprint density at radius 3 is 1.92 bits per heavy atom. The van der Waals surface area contributed by atoms with Gasteiger partial charge in [0.2, 0.25) is 0 Å². The lowest BCUT2D eigenvalue weighted by molar-refractivity contribution is 0.0720. The highest BCUT2D eigenvalue weighted by Crippen LogP contribution is 2.27. The number of carbonyl (C=O) groups excluding carboxylic acids is 1. The zero-order chi connectivity index (χ0) is 25.8. The van der Waals surface area contributed by atoms with Crippen molar-refractivity contribution in [2.45, 2.75) is 29.1 Å². The second kappa shape index (κ2) is 10.6. The van der Waals surface area contributed by atoms with Crippen LogP contribution in [0.1, 0.15) is 29.6 Å². The number of para-hydroxylation sites is 1. The number of carbonyl (C=O) groups is 1. The highest BCUT2D eigenvalue weighted by atomic mass is 32.2. The molecule has 4 rings (SSSR count). The number of piperidine rings is 1. The minimum absolute atomic E-state index is 0.0202. The molecular formula is C25H27N3O6S2. The number of anilines is 2. The number of nitrogens with one attached hydrogen (secondary N) is 2. The lowest BCUT2D eigenvalue weighted by atomic mass is 10.1. The third-order valence-electron chi connectivity index (χ3n) is 5.80. The third-order valence-corrected chi connectivity index (χ3v) is 8.57. The van der Waals surface area contributed by atoms with Crippen LogP contribution < -0.4 is 14.2 Å². The average Bonchev–Trinajstić information content (AvgIpc) is 2.89. The molecule has 0 aliphatic carbocycles. The number of amides is 1. The fraction of sp³-hybridized carbons (Fsp3) is 0.240. The predicted molar refractivity (Wildman–Crippen MR) is 137 cm³/mol. The van der Waals surface area contributed by atoms with Crippen molar-refractivity contribution >= 4 is 37.3 Å². The predicted octanol–water partition coefficient (Wildman–Crippen LogP) is 3.92. The average molecular weight is 530 g/mol. The van der Waals surface area contributed by atoms with Crippen LogP contribution >= 0.6 is 0 Å². The number of benzene rings is 3. The van der Waals surface area contributed by atoms with Crippen LogP contribution in [0.5, 0.6) is 5.75 Å². The molecule has 1 aliphatic heterocycles. The van der Waals surface area contributed by atoms with E-state index in [2.05, 4.69) is 9.44 Å². The fourth-order valence-corrected chi connectivity index (χ4v) is 6.07. The van der Waals surface area contributed by atoms with E-state index in [1.807, 2.05) is 0 Å². The molecule has 11 heteroatoms. The highest BCUT2D eigenvalue weighted by molar-refractivity contribution is 7.93. The van der Waals surface area contributed by atoms with Gasteiger partial charge in [0.1, 0.15) is 5.75 Å². The van der Waals surface area contributed by atoms with E-state index in [1.54, 1.807) is 35.2 Å². The Balaban J connectivity index is 1.53. The molecule has 1 aliphatic rings. The van der Waals surface area contributed by atoms with Gasteiger partial charge in [-0.25, -0.2) is 16.8 Å². The number of sulfonamides is 2. The van der Waals surface area contributed by atoms with Gasteiger partial charge in [-0.15, -0.1) is 0 Å². The van der Waals surface area contributed by atoms with Gasteiger partial charge in [0.25, 0.3) is 26.0 Å². The zero-order valence-electron chi connectivity index (χ0n) is 19.7. The van der Waals surface area contributed by atoms with Crippen molar-refractivity contribution in [3.05, 3.63) is 78.4 Å². The van der Waals surface area contributed by atoms with Gasteiger partial charge in [0.05, 0.1) is 22.5 Å². The van der Waals surface area contributed by atoms with Crippen LogP contribution in [0.3, 0.4) is 0 Å². The summed E-state index contributed by atoms with van der Waals surface area (Å²) in [5.41, 5.74) is 0.765. The first-order valence-corrected chi connectivity index (χ1v) is 14.3. The minimum Gasteiger partial charge on any atom is -0.496 e. The van der Waals surface area contributed by atoms with Gasteiger partial charge in [-0.2, -0.15) is 0 Å². The third kappa shape index (κ3) is 5.80. The van der Waals surface area contributed by atoms with Crippen LogP contribution in [-0.2, 0) is 20.0 Å². The molecule has 3 aromatic rings. The molecule has 0 aromatic heterocycles. The van der Waals surface area contributed by atoms with E-state index in [-0.39, 0.29) is 26.9 Å². The minimum atomic E-state index is -4.06. The molecule has 0 saturated carbocycles. The molecule has 0 bridgehead atoms. The Morgan fingerprint density at radius 2 is 1.31 bits per heavy atom. The Morgan fingerprint density at radius 1 is 0.750 bits per heavy atom. The summed E-state index contributed by atoms with van der Waals surface area (Å²) in [6.45, 7) is 1.23. The van der Waals surface area contributed by atoms with Crippen LogP contribution in [0, 0.1) is 0 Å². The lowest BCUT2D eigenvalue weighted by Gasteiger charge is -2.27. The molecule has 0 spiro atoms. The maximum absolute atomic E-state index is 13.1. The second-order valence-electron chi connectivity index (χ2n) is 8.32. The van der Waals surface area contributed by atoms with Crippen molar-refractivity contribution in [3.63, 3.8) is 0 Å². The molecule has 3 aromatic carbocycles. The molecule has 1 heterocycles. The van der Waals surface area contributed by atoms with Crippen LogP contribution in [0.25, 0.3) is 0 Å². The van der Waals surface area contributed by atoms with Crippen molar-refractivity contribution in [1.82, 2.24) is 4.90 Å². The Hall–Kier alpha value is -3.57. The molecule has 0 atom stereocenters.